The van der Waals surface area contributed by atoms with Gasteiger partial charge in [-0.15, -0.1) is 11.3 Å². The highest BCUT2D eigenvalue weighted by atomic mass is 32.1. The number of likely N-dealkylation sites (N-methyl/N-ethyl adjacent to an activating group) is 1. The van der Waals surface area contributed by atoms with Gasteiger partial charge in [-0.3, -0.25) is 9.59 Å². The highest BCUT2D eigenvalue weighted by molar-refractivity contribution is 7.09. The number of hydrogen-bond acceptors (Lipinski definition) is 7. The van der Waals surface area contributed by atoms with Crippen molar-refractivity contribution < 1.29 is 19.1 Å². The van der Waals surface area contributed by atoms with Crippen molar-refractivity contribution >= 4 is 23.2 Å². The lowest BCUT2D eigenvalue weighted by atomic mass is 10.2. The Hall–Kier alpha value is -2.45. The molecule has 7 nitrogen and oxygen atoms in total. The molecule has 1 amide bonds. The van der Waals surface area contributed by atoms with Crippen molar-refractivity contribution in [1.29, 1.82) is 0 Å². The van der Waals surface area contributed by atoms with Crippen LogP contribution in [0.5, 0.6) is 5.75 Å². The fraction of sp³-hybridized carbons (Fsp3) is 0.522. The first-order valence-corrected chi connectivity index (χ1v) is 11.2. The molecule has 170 valence electrons. The summed E-state index contributed by atoms with van der Waals surface area (Å²) in [6.07, 6.45) is 0.136. The number of hydrogen-bond donors (Lipinski definition) is 0. The van der Waals surface area contributed by atoms with Gasteiger partial charge in [0.15, 0.2) is 0 Å². The lowest BCUT2D eigenvalue weighted by Crippen LogP contribution is -2.42. The number of benzene rings is 1. The van der Waals surface area contributed by atoms with E-state index in [4.69, 9.17) is 9.47 Å². The molecule has 0 N–H and O–H groups in total. The number of aromatic nitrogens is 1. The van der Waals surface area contributed by atoms with Crippen molar-refractivity contribution in [3.05, 3.63) is 45.9 Å². The molecule has 0 aliphatic carbocycles. The van der Waals surface area contributed by atoms with Crippen molar-refractivity contribution in [2.24, 2.45) is 0 Å². The van der Waals surface area contributed by atoms with E-state index < -0.39 is 11.6 Å². The molecular formula is C23H33N3O4S. The molecule has 2 aromatic rings. The minimum atomic E-state index is -0.589. The number of amides is 1. The van der Waals surface area contributed by atoms with Crippen LogP contribution in [0.3, 0.4) is 0 Å². The Morgan fingerprint density at radius 1 is 1.10 bits per heavy atom. The third-order valence-corrected chi connectivity index (χ3v) is 5.10. The van der Waals surface area contributed by atoms with Crippen molar-refractivity contribution in [1.82, 2.24) is 14.8 Å². The minimum Gasteiger partial charge on any atom is -0.486 e. The molecule has 0 aliphatic heterocycles. The van der Waals surface area contributed by atoms with Crippen LogP contribution in [0.15, 0.2) is 29.6 Å². The summed E-state index contributed by atoms with van der Waals surface area (Å²) in [5, 5.41) is 2.67. The Kier molecular flexibility index (Phi) is 9.00. The molecule has 0 radical (unpaired) electrons. The largest absolute Gasteiger partial charge is 0.486 e. The lowest BCUT2D eigenvalue weighted by molar-refractivity contribution is -0.158. The van der Waals surface area contributed by atoms with Gasteiger partial charge in [0.05, 0.1) is 12.1 Å². The van der Waals surface area contributed by atoms with E-state index in [9.17, 15) is 9.59 Å². The minimum absolute atomic E-state index is 0.0720. The summed E-state index contributed by atoms with van der Waals surface area (Å²) in [4.78, 5) is 33.2. The Morgan fingerprint density at radius 3 is 2.39 bits per heavy atom. The van der Waals surface area contributed by atoms with Crippen LogP contribution < -0.4 is 4.74 Å². The zero-order valence-electron chi connectivity index (χ0n) is 19.3. The predicted octanol–water partition coefficient (Wildman–Crippen LogP) is 3.30. The first kappa shape index (κ1) is 24.8. The van der Waals surface area contributed by atoms with E-state index in [2.05, 4.69) is 4.98 Å². The highest BCUT2D eigenvalue weighted by Gasteiger charge is 2.23. The van der Waals surface area contributed by atoms with Crippen LogP contribution >= 0.6 is 11.3 Å². The second-order valence-electron chi connectivity index (χ2n) is 8.72. The molecule has 0 aliphatic rings. The number of ether oxygens (including phenoxy) is 2. The predicted molar refractivity (Wildman–Crippen MR) is 122 cm³/mol. The van der Waals surface area contributed by atoms with E-state index in [1.165, 1.54) is 21.8 Å². The van der Waals surface area contributed by atoms with Gasteiger partial charge in [-0.1, -0.05) is 17.7 Å². The van der Waals surface area contributed by atoms with Crippen LogP contribution in [-0.2, 0) is 27.4 Å². The Labute approximate surface area is 189 Å². The SMILES string of the molecule is Cc1ccc(OCc2nc(CC(=O)N(CCN(C)C)CC(=O)OC(C)(C)C)cs2)cc1. The number of rotatable bonds is 10. The average molecular weight is 448 g/mol. The standard InChI is InChI=1S/C23H33N3O4S/c1-17-7-9-19(10-8-17)29-15-20-24-18(16-31-20)13-21(27)26(12-11-25(5)6)14-22(28)30-23(2,3)4/h7-10,16H,11-15H2,1-6H3. The van der Waals surface area contributed by atoms with Gasteiger partial charge in [0.1, 0.15) is 29.5 Å². The van der Waals surface area contributed by atoms with Gasteiger partial charge in [-0.05, 0) is 53.9 Å². The molecule has 1 aromatic heterocycles. The zero-order valence-corrected chi connectivity index (χ0v) is 20.1. The maximum Gasteiger partial charge on any atom is 0.326 e. The molecule has 2 rings (SSSR count). The maximum atomic E-state index is 12.9. The van der Waals surface area contributed by atoms with Crippen LogP contribution in [0.25, 0.3) is 0 Å². The summed E-state index contributed by atoms with van der Waals surface area (Å²) >= 11 is 1.46. The molecule has 8 heteroatoms. The van der Waals surface area contributed by atoms with Gasteiger partial charge >= 0.3 is 5.97 Å². The Balaban J connectivity index is 1.95. The first-order valence-electron chi connectivity index (χ1n) is 10.3. The van der Waals surface area contributed by atoms with E-state index in [0.29, 0.717) is 25.4 Å². The highest BCUT2D eigenvalue weighted by Crippen LogP contribution is 2.17. The average Bonchev–Trinajstić information content (AvgIpc) is 3.10. The molecule has 0 bridgehead atoms. The summed E-state index contributed by atoms with van der Waals surface area (Å²) in [6, 6.07) is 7.84. The first-order chi connectivity index (χ1) is 14.5. The van der Waals surface area contributed by atoms with Crippen LogP contribution in [0, 0.1) is 6.92 Å². The molecule has 0 unspecified atom stereocenters. The normalized spacial score (nSPS) is 11.5. The molecule has 0 atom stereocenters. The van der Waals surface area contributed by atoms with Gasteiger partial charge in [-0.25, -0.2) is 4.98 Å². The number of thiazole rings is 1. The van der Waals surface area contributed by atoms with E-state index in [-0.39, 0.29) is 18.9 Å². The number of aryl methyl sites for hydroxylation is 1. The third-order valence-electron chi connectivity index (χ3n) is 4.22. The molecule has 1 heterocycles. The van der Waals surface area contributed by atoms with E-state index in [0.717, 1.165) is 10.8 Å². The second kappa shape index (κ2) is 11.2. The van der Waals surface area contributed by atoms with Crippen molar-refractivity contribution in [2.45, 2.75) is 46.3 Å². The summed E-state index contributed by atoms with van der Waals surface area (Å²) in [5.41, 5.74) is 1.26. The topological polar surface area (TPSA) is 72.0 Å². The fourth-order valence-corrected chi connectivity index (χ4v) is 3.39. The Morgan fingerprint density at radius 2 is 1.77 bits per heavy atom. The molecule has 0 saturated carbocycles. The van der Waals surface area contributed by atoms with Crippen LogP contribution in [0.2, 0.25) is 0 Å². The number of carbonyl (C=O) groups excluding carboxylic acids is 2. The van der Waals surface area contributed by atoms with Crippen molar-refractivity contribution in [2.75, 3.05) is 33.7 Å². The van der Waals surface area contributed by atoms with E-state index >= 15 is 0 Å². The van der Waals surface area contributed by atoms with Crippen LogP contribution in [0.4, 0.5) is 0 Å². The second-order valence-corrected chi connectivity index (χ2v) is 9.66. The maximum absolute atomic E-state index is 12.9. The van der Waals surface area contributed by atoms with Crippen LogP contribution in [0.1, 0.15) is 37.0 Å². The van der Waals surface area contributed by atoms with E-state index in [1.54, 1.807) is 0 Å². The van der Waals surface area contributed by atoms with Gasteiger partial charge in [0.25, 0.3) is 0 Å². The number of carbonyl (C=O) groups is 2. The lowest BCUT2D eigenvalue weighted by Gasteiger charge is -2.26. The van der Waals surface area contributed by atoms with Gasteiger partial charge < -0.3 is 19.3 Å². The third kappa shape index (κ3) is 9.48. The van der Waals surface area contributed by atoms with Crippen molar-refractivity contribution in [3.8, 4) is 5.75 Å². The molecule has 0 fully saturated rings. The molecule has 31 heavy (non-hydrogen) atoms. The quantitative estimate of drug-likeness (QED) is 0.521. The summed E-state index contributed by atoms with van der Waals surface area (Å²) in [7, 11) is 3.85. The summed E-state index contributed by atoms with van der Waals surface area (Å²) in [6.45, 7) is 8.84. The van der Waals surface area contributed by atoms with E-state index in [1.807, 2.05) is 76.3 Å². The van der Waals surface area contributed by atoms with Crippen LogP contribution in [-0.4, -0.2) is 66.0 Å². The molecule has 0 saturated heterocycles. The number of nitrogens with zero attached hydrogens (tertiary/aromatic N) is 3. The van der Waals surface area contributed by atoms with Crippen molar-refractivity contribution in [3.63, 3.8) is 0 Å². The van der Waals surface area contributed by atoms with Gasteiger partial charge in [0, 0.05) is 18.5 Å². The molecule has 1 aromatic carbocycles. The Bertz CT molecular complexity index is 856. The summed E-state index contributed by atoms with van der Waals surface area (Å²) in [5.74, 6) is 0.222. The zero-order chi connectivity index (χ0) is 23.0. The summed E-state index contributed by atoms with van der Waals surface area (Å²) < 4.78 is 11.1. The van der Waals surface area contributed by atoms with Gasteiger partial charge in [-0.2, -0.15) is 0 Å². The van der Waals surface area contributed by atoms with Gasteiger partial charge in [0.2, 0.25) is 5.91 Å². The molecular weight excluding hydrogens is 414 g/mol. The molecule has 0 spiro atoms. The smallest absolute Gasteiger partial charge is 0.326 e. The monoisotopic (exact) mass is 447 g/mol. The number of esters is 1. The fourth-order valence-electron chi connectivity index (χ4n) is 2.68.